The Balaban J connectivity index is 1.61. The Morgan fingerprint density at radius 1 is 0.884 bits per heavy atom. The molecular formula is C38H65ClO4. The molecule has 2 aliphatic rings. The highest BCUT2D eigenvalue weighted by molar-refractivity contribution is 6.21. The molecular weight excluding hydrogens is 556 g/mol. The van der Waals surface area contributed by atoms with Gasteiger partial charge in [-0.25, -0.2) is 0 Å². The molecule has 1 unspecified atom stereocenters. The first-order valence-corrected chi connectivity index (χ1v) is 18.5. The average molecular weight is 621 g/mol. The predicted octanol–water partition coefficient (Wildman–Crippen LogP) is 10.6. The van der Waals surface area contributed by atoms with Crippen LogP contribution >= 0.6 is 11.6 Å². The summed E-state index contributed by atoms with van der Waals surface area (Å²) >= 11 is 6.63. The third-order valence-corrected chi connectivity index (χ3v) is 11.0. The van der Waals surface area contributed by atoms with Crippen molar-refractivity contribution >= 4 is 17.6 Å². The molecule has 0 radical (unpaired) electrons. The van der Waals surface area contributed by atoms with E-state index in [1.165, 1.54) is 77.0 Å². The second-order valence-electron chi connectivity index (χ2n) is 13.6. The first-order chi connectivity index (χ1) is 20.8. The van der Waals surface area contributed by atoms with E-state index in [2.05, 4.69) is 44.2 Å². The molecule has 2 rings (SSSR count). The maximum absolute atomic E-state index is 11.8. The van der Waals surface area contributed by atoms with E-state index in [0.717, 1.165) is 38.5 Å². The topological polar surface area (TPSA) is 77.8 Å². The average Bonchev–Trinajstić information content (AvgIpc) is 3.22. The zero-order valence-corrected chi connectivity index (χ0v) is 28.4. The molecule has 0 aliphatic heterocycles. The fourth-order valence-electron chi connectivity index (χ4n) is 7.15. The van der Waals surface area contributed by atoms with Crippen LogP contribution in [0.15, 0.2) is 36.5 Å². The van der Waals surface area contributed by atoms with Crippen LogP contribution < -0.4 is 0 Å². The zero-order valence-electron chi connectivity index (χ0n) is 27.6. The number of unbranched alkanes of at least 4 members (excludes halogenated alkanes) is 12. The summed E-state index contributed by atoms with van der Waals surface area (Å²) in [7, 11) is 0. The van der Waals surface area contributed by atoms with E-state index in [1.54, 1.807) is 0 Å². The summed E-state index contributed by atoms with van der Waals surface area (Å²) in [6.45, 7) is 4.44. The van der Waals surface area contributed by atoms with Gasteiger partial charge in [0.05, 0.1) is 18.1 Å². The predicted molar refractivity (Wildman–Crippen MR) is 183 cm³/mol. The molecule has 0 bridgehead atoms. The molecule has 5 heteroatoms. The molecule has 6 atom stereocenters. The number of aliphatic hydroxyl groups excluding tert-OH is 2. The highest BCUT2D eigenvalue weighted by atomic mass is 35.5. The Hall–Kier alpha value is -1.10. The number of alkyl halides is 1. The quantitative estimate of drug-likeness (QED) is 0.0539. The van der Waals surface area contributed by atoms with Gasteiger partial charge in [-0.3, -0.25) is 4.79 Å². The number of rotatable bonds is 25. The van der Waals surface area contributed by atoms with Crippen LogP contribution in [-0.2, 0) is 4.79 Å². The van der Waals surface area contributed by atoms with Gasteiger partial charge in [-0.05, 0) is 75.5 Å². The molecule has 0 aromatic carbocycles. The molecule has 2 saturated carbocycles. The largest absolute Gasteiger partial charge is 0.481 e. The highest BCUT2D eigenvalue weighted by Crippen LogP contribution is 2.48. The lowest BCUT2D eigenvalue weighted by molar-refractivity contribution is -0.140. The highest BCUT2D eigenvalue weighted by Gasteiger charge is 2.42. The number of carboxylic acids is 1. The molecule has 0 aromatic rings. The van der Waals surface area contributed by atoms with Crippen LogP contribution in [0.4, 0.5) is 0 Å². The van der Waals surface area contributed by atoms with E-state index in [0.29, 0.717) is 25.7 Å². The summed E-state index contributed by atoms with van der Waals surface area (Å²) in [4.78, 5) is 11.8. The first-order valence-electron chi connectivity index (χ1n) is 18.1. The van der Waals surface area contributed by atoms with Crippen molar-refractivity contribution in [2.24, 2.45) is 23.2 Å². The summed E-state index contributed by atoms with van der Waals surface area (Å²) in [6, 6.07) is 0. The van der Waals surface area contributed by atoms with Crippen LogP contribution in [0.25, 0.3) is 0 Å². The second kappa shape index (κ2) is 22.4. The van der Waals surface area contributed by atoms with E-state index >= 15 is 0 Å². The van der Waals surface area contributed by atoms with Gasteiger partial charge in [0.15, 0.2) is 0 Å². The number of carbonyl (C=O) groups is 1. The van der Waals surface area contributed by atoms with Crippen LogP contribution in [0.5, 0.6) is 0 Å². The van der Waals surface area contributed by atoms with Crippen LogP contribution in [-0.4, -0.2) is 38.9 Å². The fourth-order valence-corrected chi connectivity index (χ4v) is 7.60. The number of aliphatic hydroxyl groups is 2. The number of aliphatic carboxylic acids is 1. The van der Waals surface area contributed by atoms with Crippen molar-refractivity contribution in [1.82, 2.24) is 0 Å². The minimum absolute atomic E-state index is 0.00617. The number of halogens is 1. The fraction of sp³-hybridized carbons (Fsp3) is 0.816. The van der Waals surface area contributed by atoms with Crippen molar-refractivity contribution in [3.05, 3.63) is 36.5 Å². The minimum Gasteiger partial charge on any atom is -0.481 e. The second-order valence-corrected chi connectivity index (χ2v) is 14.2. The molecule has 4 nitrogen and oxygen atoms in total. The standard InChI is InChI=1S/C38H65ClO4/c1-3-5-6-7-8-9-10-11-12-13-14-15-16-18-23-31(37(42)43)24-19-17-20-25-32-33(35(40)30-34(32)39)26-21-27-36(41)38(4-2)28-22-29-38/h17-18,20-21,23,26,31-36,40-41H,3-16,19,22,24-25,27-30H2,1-2H3,(H,42,43)/b20-17-,23-18+,26-21+/t31?,32-,33-,34-,35-,36+/m1/s1. The van der Waals surface area contributed by atoms with Crippen molar-refractivity contribution < 1.29 is 20.1 Å². The third-order valence-electron chi connectivity index (χ3n) is 10.5. The summed E-state index contributed by atoms with van der Waals surface area (Å²) < 4.78 is 0. The molecule has 0 amide bonds. The maximum Gasteiger partial charge on any atom is 0.310 e. The minimum atomic E-state index is -0.752. The van der Waals surface area contributed by atoms with Crippen molar-refractivity contribution in [1.29, 1.82) is 0 Å². The molecule has 43 heavy (non-hydrogen) atoms. The van der Waals surface area contributed by atoms with Gasteiger partial charge in [0, 0.05) is 11.3 Å². The van der Waals surface area contributed by atoms with Crippen molar-refractivity contribution in [3.8, 4) is 0 Å². The van der Waals surface area contributed by atoms with Crippen LogP contribution in [0.1, 0.15) is 155 Å². The third kappa shape index (κ3) is 14.3. The Kier molecular flexibility index (Phi) is 19.9. The normalized spacial score (nSPS) is 25.1. The van der Waals surface area contributed by atoms with Gasteiger partial charge < -0.3 is 15.3 Å². The van der Waals surface area contributed by atoms with Crippen LogP contribution in [0, 0.1) is 23.2 Å². The zero-order chi connectivity index (χ0) is 31.3. The van der Waals surface area contributed by atoms with Gasteiger partial charge in [-0.15, -0.1) is 11.6 Å². The molecule has 2 fully saturated rings. The van der Waals surface area contributed by atoms with Gasteiger partial charge in [0.1, 0.15) is 0 Å². The van der Waals surface area contributed by atoms with Crippen LogP contribution in [0.3, 0.4) is 0 Å². The van der Waals surface area contributed by atoms with Crippen molar-refractivity contribution in [3.63, 3.8) is 0 Å². The van der Waals surface area contributed by atoms with Gasteiger partial charge >= 0.3 is 5.97 Å². The first kappa shape index (κ1) is 38.1. The maximum atomic E-state index is 11.8. The SMILES string of the molecule is CCCCCCCCCCCCCC/C=C/C(CC/C=C\C[C@@H]1[C@@H](/C=C/C[C@H](O)C2(CC)CCC2)[C@H](O)C[C@H]1Cl)C(=O)O. The van der Waals surface area contributed by atoms with Gasteiger partial charge in [-0.2, -0.15) is 0 Å². The smallest absolute Gasteiger partial charge is 0.310 e. The summed E-state index contributed by atoms with van der Waals surface area (Å²) in [5, 5.41) is 30.9. The Bertz CT molecular complexity index is 811. The molecule has 0 saturated heterocycles. The molecule has 2 aliphatic carbocycles. The Labute approximate surface area is 269 Å². The lowest BCUT2D eigenvalue weighted by Gasteiger charge is -2.45. The number of hydrogen-bond acceptors (Lipinski definition) is 3. The van der Waals surface area contributed by atoms with E-state index in [-0.39, 0.29) is 28.7 Å². The van der Waals surface area contributed by atoms with E-state index < -0.39 is 18.0 Å². The summed E-state index contributed by atoms with van der Waals surface area (Å²) in [5.74, 6) is -1.05. The molecule has 3 N–H and O–H groups in total. The lowest BCUT2D eigenvalue weighted by Crippen LogP contribution is -2.40. The van der Waals surface area contributed by atoms with Crippen LogP contribution in [0.2, 0.25) is 0 Å². The van der Waals surface area contributed by atoms with Gasteiger partial charge in [0.2, 0.25) is 0 Å². The Morgan fingerprint density at radius 2 is 1.51 bits per heavy atom. The van der Waals surface area contributed by atoms with E-state index in [1.807, 2.05) is 6.08 Å². The van der Waals surface area contributed by atoms with Crippen molar-refractivity contribution in [2.45, 2.75) is 173 Å². The summed E-state index contributed by atoms with van der Waals surface area (Å²) in [6.07, 6.45) is 36.2. The molecule has 0 heterocycles. The molecule has 0 aromatic heterocycles. The van der Waals surface area contributed by atoms with E-state index in [9.17, 15) is 20.1 Å². The Morgan fingerprint density at radius 3 is 2.07 bits per heavy atom. The number of allylic oxidation sites excluding steroid dienone is 3. The number of carboxylic acid groups (broad SMARTS) is 1. The van der Waals surface area contributed by atoms with Gasteiger partial charge in [-0.1, -0.05) is 127 Å². The van der Waals surface area contributed by atoms with E-state index in [4.69, 9.17) is 11.6 Å². The number of hydrogen-bond donors (Lipinski definition) is 3. The van der Waals surface area contributed by atoms with Gasteiger partial charge in [0.25, 0.3) is 0 Å². The lowest BCUT2D eigenvalue weighted by atomic mass is 9.63. The molecule has 0 spiro atoms. The monoisotopic (exact) mass is 620 g/mol. The molecule has 248 valence electrons. The summed E-state index contributed by atoms with van der Waals surface area (Å²) in [5.41, 5.74) is 0.0885. The van der Waals surface area contributed by atoms with Crippen molar-refractivity contribution in [2.75, 3.05) is 0 Å².